The molecule has 0 atom stereocenters. The van der Waals surface area contributed by atoms with Gasteiger partial charge in [0.1, 0.15) is 0 Å². The lowest BCUT2D eigenvalue weighted by Gasteiger charge is -2.41. The number of carbonyl (C=O) groups is 1. The van der Waals surface area contributed by atoms with Crippen molar-refractivity contribution in [3.05, 3.63) is 53.6 Å². The lowest BCUT2D eigenvalue weighted by Crippen LogP contribution is -2.54. The Hall–Kier alpha value is -2.12. The Morgan fingerprint density at radius 3 is 2.32 bits per heavy atom. The van der Waals surface area contributed by atoms with E-state index < -0.39 is 0 Å². The molecule has 2 fully saturated rings. The molecule has 1 saturated heterocycles. The molecule has 2 aromatic rings. The van der Waals surface area contributed by atoms with Gasteiger partial charge in [-0.1, -0.05) is 49.6 Å². The van der Waals surface area contributed by atoms with E-state index in [1.54, 1.807) is 0 Å². The Morgan fingerprint density at radius 2 is 1.62 bits per heavy atom. The number of carbonyl (C=O) groups excluding carboxylic acids is 1. The lowest BCUT2D eigenvalue weighted by atomic mass is 9.94. The lowest BCUT2D eigenvalue weighted by molar-refractivity contribution is -0.134. The number of amides is 1. The van der Waals surface area contributed by atoms with Gasteiger partial charge in [-0.25, -0.2) is 10.4 Å². The molecule has 2 N–H and O–H groups in total. The molecule has 0 aromatic heterocycles. The third kappa shape index (κ3) is 5.41. The SMILES string of the molecule is NN(Cl)c1ccc(-c2ccc3c(c2)CCN(CC(=O)N2CCN(C4CCCCC4)CC2)C3)cc1. The summed E-state index contributed by atoms with van der Waals surface area (Å²) < 4.78 is 1.10. The number of benzene rings is 2. The van der Waals surface area contributed by atoms with Crippen molar-refractivity contribution >= 4 is 23.4 Å². The third-order valence-electron chi connectivity index (χ3n) is 7.86. The maximum absolute atomic E-state index is 13.0. The molecule has 1 aliphatic carbocycles. The average molecular weight is 482 g/mol. The summed E-state index contributed by atoms with van der Waals surface area (Å²) in [6.45, 7) is 6.14. The minimum absolute atomic E-state index is 0.289. The quantitative estimate of drug-likeness (QED) is 0.397. The minimum atomic E-state index is 0.289. The molecule has 6 nitrogen and oxygen atoms in total. The first-order valence-corrected chi connectivity index (χ1v) is 13.1. The van der Waals surface area contributed by atoms with Crippen molar-refractivity contribution in [2.24, 2.45) is 5.84 Å². The number of halogens is 1. The third-order valence-corrected chi connectivity index (χ3v) is 8.06. The van der Waals surface area contributed by atoms with Crippen LogP contribution in [-0.4, -0.2) is 65.9 Å². The number of anilines is 1. The highest BCUT2D eigenvalue weighted by Crippen LogP contribution is 2.28. The fraction of sp³-hybridized carbons (Fsp3) is 0.519. The number of nitrogens with two attached hydrogens (primary N) is 1. The van der Waals surface area contributed by atoms with Crippen LogP contribution < -0.4 is 10.4 Å². The monoisotopic (exact) mass is 481 g/mol. The Morgan fingerprint density at radius 1 is 0.912 bits per heavy atom. The number of fused-ring (bicyclic) bond motifs is 1. The van der Waals surface area contributed by atoms with Gasteiger partial charge < -0.3 is 4.90 Å². The number of hydrazine groups is 1. The van der Waals surface area contributed by atoms with Crippen LogP contribution in [0.4, 0.5) is 5.69 Å². The second-order valence-electron chi connectivity index (χ2n) is 10.0. The second-order valence-corrected chi connectivity index (χ2v) is 10.4. The van der Waals surface area contributed by atoms with Gasteiger partial charge in [0, 0.05) is 57.1 Å². The van der Waals surface area contributed by atoms with Gasteiger partial charge in [-0.2, -0.15) is 0 Å². The van der Waals surface area contributed by atoms with E-state index in [4.69, 9.17) is 17.6 Å². The van der Waals surface area contributed by atoms with Crippen molar-refractivity contribution in [2.45, 2.75) is 51.1 Å². The highest BCUT2D eigenvalue weighted by molar-refractivity contribution is 6.24. The first-order valence-electron chi connectivity index (χ1n) is 12.7. The van der Waals surface area contributed by atoms with Crippen LogP contribution in [0.1, 0.15) is 43.2 Å². The Bertz CT molecular complexity index is 981. The molecule has 1 amide bonds. The van der Waals surface area contributed by atoms with E-state index in [2.05, 4.69) is 32.9 Å². The van der Waals surface area contributed by atoms with Crippen LogP contribution in [0.2, 0.25) is 0 Å². The van der Waals surface area contributed by atoms with Gasteiger partial charge in [0.25, 0.3) is 0 Å². The highest BCUT2D eigenvalue weighted by atomic mass is 35.5. The molecular weight excluding hydrogens is 446 g/mol. The van der Waals surface area contributed by atoms with E-state index in [1.807, 2.05) is 24.3 Å². The Labute approximate surface area is 208 Å². The molecule has 182 valence electrons. The standard InChI is InChI=1S/C27H36ClN5O/c28-33(29)26-10-8-21(9-11-26)22-6-7-24-19-30(13-12-23(24)18-22)20-27(34)32-16-14-31(15-17-32)25-4-2-1-3-5-25/h6-11,18,25H,1-5,12-17,19-20,29H2. The molecule has 7 heteroatoms. The number of nitrogens with zero attached hydrogens (tertiary/aromatic N) is 4. The summed E-state index contributed by atoms with van der Waals surface area (Å²) in [4.78, 5) is 20.0. The van der Waals surface area contributed by atoms with Crippen molar-refractivity contribution < 1.29 is 4.79 Å². The summed E-state index contributed by atoms with van der Waals surface area (Å²) in [6, 6.07) is 15.4. The van der Waals surface area contributed by atoms with E-state index in [1.165, 1.54) is 48.8 Å². The minimum Gasteiger partial charge on any atom is -0.339 e. The smallest absolute Gasteiger partial charge is 0.236 e. The van der Waals surface area contributed by atoms with Gasteiger partial charge in [0.05, 0.1) is 12.2 Å². The second kappa shape index (κ2) is 10.6. The van der Waals surface area contributed by atoms with Crippen molar-refractivity contribution in [3.8, 4) is 11.1 Å². The van der Waals surface area contributed by atoms with Gasteiger partial charge in [0.2, 0.25) is 5.91 Å². The van der Waals surface area contributed by atoms with E-state index >= 15 is 0 Å². The molecule has 2 aliphatic heterocycles. The van der Waals surface area contributed by atoms with Crippen LogP contribution >= 0.6 is 11.8 Å². The van der Waals surface area contributed by atoms with Crippen molar-refractivity contribution in [2.75, 3.05) is 43.8 Å². The summed E-state index contributed by atoms with van der Waals surface area (Å²) in [5.41, 5.74) is 5.82. The topological polar surface area (TPSA) is 56.1 Å². The molecule has 2 aromatic carbocycles. The van der Waals surface area contributed by atoms with E-state index in [0.29, 0.717) is 6.54 Å². The number of rotatable bonds is 5. The van der Waals surface area contributed by atoms with Crippen LogP contribution in [0, 0.1) is 0 Å². The molecular formula is C27H36ClN5O. The first-order chi connectivity index (χ1) is 16.6. The van der Waals surface area contributed by atoms with Crippen molar-refractivity contribution in [1.29, 1.82) is 0 Å². The Balaban J connectivity index is 1.14. The van der Waals surface area contributed by atoms with E-state index in [0.717, 1.165) is 67.5 Å². The zero-order valence-electron chi connectivity index (χ0n) is 20.0. The largest absolute Gasteiger partial charge is 0.339 e. The zero-order valence-corrected chi connectivity index (χ0v) is 20.7. The molecule has 0 unspecified atom stereocenters. The van der Waals surface area contributed by atoms with E-state index in [9.17, 15) is 4.79 Å². The van der Waals surface area contributed by atoms with Crippen LogP contribution in [-0.2, 0) is 17.8 Å². The molecule has 1 saturated carbocycles. The molecule has 34 heavy (non-hydrogen) atoms. The number of hydrogen-bond donors (Lipinski definition) is 1. The maximum atomic E-state index is 13.0. The molecule has 2 heterocycles. The van der Waals surface area contributed by atoms with Crippen molar-refractivity contribution in [1.82, 2.24) is 14.7 Å². The van der Waals surface area contributed by atoms with Gasteiger partial charge in [-0.05, 0) is 53.6 Å². The molecule has 0 bridgehead atoms. The summed E-state index contributed by atoms with van der Waals surface area (Å²) in [5.74, 6) is 5.88. The maximum Gasteiger partial charge on any atom is 0.236 e. The van der Waals surface area contributed by atoms with Crippen LogP contribution in [0.3, 0.4) is 0 Å². The summed E-state index contributed by atoms with van der Waals surface area (Å²) in [6.07, 6.45) is 7.79. The molecule has 0 radical (unpaired) electrons. The van der Waals surface area contributed by atoms with E-state index in [-0.39, 0.29) is 5.91 Å². The number of hydrogen-bond acceptors (Lipinski definition) is 5. The van der Waals surface area contributed by atoms with Gasteiger partial charge in [-0.15, -0.1) is 0 Å². The zero-order chi connectivity index (χ0) is 23.5. The fourth-order valence-corrected chi connectivity index (χ4v) is 5.91. The molecule has 3 aliphatic rings. The van der Waals surface area contributed by atoms with Gasteiger partial charge in [-0.3, -0.25) is 14.6 Å². The summed E-state index contributed by atoms with van der Waals surface area (Å²) in [5, 5.41) is 0. The number of piperazine rings is 1. The van der Waals surface area contributed by atoms with Gasteiger partial charge in [0.15, 0.2) is 0 Å². The highest BCUT2D eigenvalue weighted by Gasteiger charge is 2.28. The Kier molecular flexibility index (Phi) is 7.40. The summed E-state index contributed by atoms with van der Waals surface area (Å²) >= 11 is 5.81. The van der Waals surface area contributed by atoms with Crippen LogP contribution in [0.5, 0.6) is 0 Å². The van der Waals surface area contributed by atoms with Crippen LogP contribution in [0.15, 0.2) is 42.5 Å². The van der Waals surface area contributed by atoms with Crippen LogP contribution in [0.25, 0.3) is 11.1 Å². The molecule has 0 spiro atoms. The first kappa shape index (κ1) is 23.6. The predicted molar refractivity (Wildman–Crippen MR) is 138 cm³/mol. The summed E-state index contributed by atoms with van der Waals surface area (Å²) in [7, 11) is 0. The normalized spacial score (nSPS) is 20.2. The predicted octanol–water partition coefficient (Wildman–Crippen LogP) is 4.02. The van der Waals surface area contributed by atoms with Crippen molar-refractivity contribution in [3.63, 3.8) is 0 Å². The average Bonchev–Trinajstić information content (AvgIpc) is 2.89. The molecule has 5 rings (SSSR count). The fourth-order valence-electron chi connectivity index (χ4n) is 5.80. The van der Waals surface area contributed by atoms with Gasteiger partial charge >= 0.3 is 0 Å².